The fourth-order valence-electron chi connectivity index (χ4n) is 3.52. The highest BCUT2D eigenvalue weighted by Gasteiger charge is 2.20. The lowest BCUT2D eigenvalue weighted by Gasteiger charge is -2.24. The second-order valence-corrected chi connectivity index (χ2v) is 7.75. The van der Waals surface area contributed by atoms with Crippen LogP contribution in [0.2, 0.25) is 0 Å². The zero-order valence-electron chi connectivity index (χ0n) is 18.7. The lowest BCUT2D eigenvalue weighted by atomic mass is 10.1. The Hall–Kier alpha value is -3.37. The van der Waals surface area contributed by atoms with E-state index in [1.54, 1.807) is 12.1 Å². The quantitative estimate of drug-likeness (QED) is 0.183. The first-order chi connectivity index (χ1) is 16.5. The summed E-state index contributed by atoms with van der Waals surface area (Å²) in [6, 6.07) is 16.1. The van der Waals surface area contributed by atoms with Crippen LogP contribution in [0.1, 0.15) is 32.7 Å². The highest BCUT2D eigenvalue weighted by atomic mass is 19.1. The predicted octanol–water partition coefficient (Wildman–Crippen LogP) is 2.80. The molecule has 0 radical (unpaired) electrons. The Labute approximate surface area is 197 Å². The van der Waals surface area contributed by atoms with Crippen molar-refractivity contribution in [2.45, 2.75) is 26.2 Å². The van der Waals surface area contributed by atoms with Gasteiger partial charge in [-0.25, -0.2) is 14.9 Å². The molecule has 8 nitrogen and oxygen atoms in total. The third-order valence-corrected chi connectivity index (χ3v) is 5.41. The summed E-state index contributed by atoms with van der Waals surface area (Å²) in [4.78, 5) is 17.7. The van der Waals surface area contributed by atoms with E-state index in [1.807, 2.05) is 30.3 Å². The number of nitrogens with zero attached hydrogens (tertiary/aromatic N) is 2. The summed E-state index contributed by atoms with van der Waals surface area (Å²) in [5, 5.41) is 29.0. The van der Waals surface area contributed by atoms with Gasteiger partial charge in [-0.1, -0.05) is 42.5 Å². The Bertz CT molecular complexity index is 1060. The third-order valence-electron chi connectivity index (χ3n) is 5.41. The van der Waals surface area contributed by atoms with Gasteiger partial charge in [0, 0.05) is 31.4 Å². The van der Waals surface area contributed by atoms with Crippen LogP contribution in [0.4, 0.5) is 4.39 Å². The summed E-state index contributed by atoms with van der Waals surface area (Å²) >= 11 is 0. The van der Waals surface area contributed by atoms with E-state index in [-0.39, 0.29) is 17.1 Å². The van der Waals surface area contributed by atoms with Gasteiger partial charge in [0.15, 0.2) is 11.4 Å². The molecule has 1 aromatic heterocycles. The summed E-state index contributed by atoms with van der Waals surface area (Å²) in [5.74, 6) is -1.75. The topological polar surface area (TPSA) is 115 Å². The molecule has 9 heteroatoms. The van der Waals surface area contributed by atoms with E-state index < -0.39 is 18.3 Å². The Morgan fingerprint density at radius 3 is 2.47 bits per heavy atom. The van der Waals surface area contributed by atoms with Gasteiger partial charge in [-0.2, -0.15) is 0 Å². The van der Waals surface area contributed by atoms with Gasteiger partial charge in [0.1, 0.15) is 5.82 Å². The summed E-state index contributed by atoms with van der Waals surface area (Å²) in [6.45, 7) is 1.89. The van der Waals surface area contributed by atoms with E-state index in [0.29, 0.717) is 44.8 Å². The van der Waals surface area contributed by atoms with Crippen LogP contribution in [0.25, 0.3) is 0 Å². The number of ether oxygens (including phenoxy) is 1. The Morgan fingerprint density at radius 1 is 1.06 bits per heavy atom. The first-order valence-corrected chi connectivity index (χ1v) is 10.8. The van der Waals surface area contributed by atoms with Crippen LogP contribution in [0, 0.1) is 5.82 Å². The maximum absolute atomic E-state index is 13.2. The molecule has 1 amide bonds. The summed E-state index contributed by atoms with van der Waals surface area (Å²) < 4.78 is 19.0. The van der Waals surface area contributed by atoms with Gasteiger partial charge in [0.2, 0.25) is 0 Å². The third kappa shape index (κ3) is 7.06. The van der Waals surface area contributed by atoms with Crippen molar-refractivity contribution in [2.75, 3.05) is 19.7 Å². The van der Waals surface area contributed by atoms with Crippen LogP contribution in [0.5, 0.6) is 5.75 Å². The molecule has 4 N–H and O–H groups in total. The second-order valence-electron chi connectivity index (χ2n) is 7.75. The van der Waals surface area contributed by atoms with Gasteiger partial charge < -0.3 is 14.9 Å². The van der Waals surface area contributed by atoms with Crippen molar-refractivity contribution in [1.29, 1.82) is 0 Å². The van der Waals surface area contributed by atoms with Crippen LogP contribution in [-0.2, 0) is 30.9 Å². The van der Waals surface area contributed by atoms with Crippen molar-refractivity contribution >= 4 is 5.91 Å². The number of aliphatic hydroxyl groups excluding tert-OH is 1. The number of benzene rings is 2. The summed E-state index contributed by atoms with van der Waals surface area (Å²) in [6.07, 6.45) is 2.05. The van der Waals surface area contributed by atoms with Crippen molar-refractivity contribution in [2.24, 2.45) is 0 Å². The summed E-state index contributed by atoms with van der Waals surface area (Å²) in [5.41, 5.74) is 3.78. The van der Waals surface area contributed by atoms with Crippen LogP contribution >= 0.6 is 0 Å². The first kappa shape index (κ1) is 25.3. The number of halogens is 1. The maximum atomic E-state index is 13.2. The predicted molar refractivity (Wildman–Crippen MR) is 123 cm³/mol. The fraction of sp³-hybridized carbons (Fsp3) is 0.280. The molecule has 0 spiro atoms. The summed E-state index contributed by atoms with van der Waals surface area (Å²) in [7, 11) is 0. The average molecular weight is 470 g/mol. The number of hydrogen-bond acceptors (Lipinski definition) is 7. The Balaban J connectivity index is 1.70. The molecule has 0 aliphatic heterocycles. The van der Waals surface area contributed by atoms with Crippen LogP contribution in [0.3, 0.4) is 0 Å². The zero-order valence-corrected chi connectivity index (χ0v) is 18.7. The first-order valence-electron chi connectivity index (χ1n) is 10.8. The highest BCUT2D eigenvalue weighted by molar-refractivity contribution is 5.94. The van der Waals surface area contributed by atoms with E-state index in [4.69, 9.17) is 9.94 Å². The number of hydroxylamine groups is 1. The number of aliphatic hydroxyl groups is 1. The molecule has 0 bridgehead atoms. The number of aromatic hydroxyl groups is 1. The number of aromatic nitrogens is 1. The van der Waals surface area contributed by atoms with Crippen molar-refractivity contribution < 1.29 is 29.3 Å². The number of hydrogen-bond donors (Lipinski definition) is 4. The van der Waals surface area contributed by atoms with Crippen molar-refractivity contribution in [1.82, 2.24) is 15.4 Å². The van der Waals surface area contributed by atoms with E-state index in [9.17, 15) is 19.4 Å². The average Bonchev–Trinajstić information content (AvgIpc) is 2.86. The molecule has 0 fully saturated rings. The van der Waals surface area contributed by atoms with E-state index in [0.717, 1.165) is 11.1 Å². The molecule has 3 aromatic rings. The Morgan fingerprint density at radius 2 is 1.79 bits per heavy atom. The largest absolute Gasteiger partial charge is 0.505 e. The normalized spacial score (nSPS) is 11.1. The van der Waals surface area contributed by atoms with E-state index in [2.05, 4.69) is 9.88 Å². The molecule has 1 heterocycles. The smallest absolute Gasteiger partial charge is 0.297 e. The lowest BCUT2D eigenvalue weighted by Crippen LogP contribution is -2.30. The molecule has 0 aliphatic rings. The standard InChI is InChI=1S/C25H28FN3O5/c26-21-8-6-18(7-9-21)10-11-29(12-13-34-17-19-4-2-1-3-5-19)15-20-14-27-23(25(32)28-33)24(31)22(20)16-30/h1-9,14,30-31,33H,10-13,15-17H2,(H,28,32). The molecule has 2 aromatic carbocycles. The number of nitrogens with one attached hydrogen (secondary N) is 1. The zero-order chi connectivity index (χ0) is 24.3. The lowest BCUT2D eigenvalue weighted by molar-refractivity contribution is 0.0697. The number of rotatable bonds is 12. The number of carbonyl (C=O) groups excluding carboxylic acids is 1. The Kier molecular flexibility index (Phi) is 9.48. The molecule has 0 aliphatic carbocycles. The van der Waals surface area contributed by atoms with Gasteiger partial charge in [-0.3, -0.25) is 14.9 Å². The van der Waals surface area contributed by atoms with Crippen LogP contribution in [-0.4, -0.2) is 50.9 Å². The number of pyridine rings is 1. The van der Waals surface area contributed by atoms with Gasteiger partial charge >= 0.3 is 0 Å². The minimum Gasteiger partial charge on any atom is -0.505 e. The van der Waals surface area contributed by atoms with Crippen molar-refractivity contribution in [3.63, 3.8) is 0 Å². The van der Waals surface area contributed by atoms with Gasteiger partial charge in [-0.05, 0) is 35.2 Å². The minimum atomic E-state index is -0.971. The SMILES string of the molecule is O=C(NO)c1ncc(CN(CCOCc2ccccc2)CCc2ccc(F)cc2)c(CO)c1O. The second kappa shape index (κ2) is 12.8. The van der Waals surface area contributed by atoms with Gasteiger partial charge in [0.05, 0.1) is 19.8 Å². The van der Waals surface area contributed by atoms with Gasteiger partial charge in [0.25, 0.3) is 5.91 Å². The molecular weight excluding hydrogens is 441 g/mol. The monoisotopic (exact) mass is 469 g/mol. The minimum absolute atomic E-state index is 0.158. The number of amides is 1. The van der Waals surface area contributed by atoms with Gasteiger partial charge in [-0.15, -0.1) is 0 Å². The molecule has 3 rings (SSSR count). The van der Waals surface area contributed by atoms with Crippen molar-refractivity contribution in [3.05, 3.63) is 94.6 Å². The molecule has 0 atom stereocenters. The maximum Gasteiger partial charge on any atom is 0.297 e. The molecule has 0 saturated heterocycles. The molecule has 34 heavy (non-hydrogen) atoms. The van der Waals surface area contributed by atoms with Crippen LogP contribution in [0.15, 0.2) is 60.8 Å². The van der Waals surface area contributed by atoms with Crippen LogP contribution < -0.4 is 5.48 Å². The highest BCUT2D eigenvalue weighted by Crippen LogP contribution is 2.25. The molecule has 180 valence electrons. The molecule has 0 saturated carbocycles. The fourth-order valence-corrected chi connectivity index (χ4v) is 3.52. The van der Waals surface area contributed by atoms with E-state index in [1.165, 1.54) is 23.8 Å². The molecular formula is C25H28FN3O5. The molecule has 0 unspecified atom stereocenters. The van der Waals surface area contributed by atoms with Crippen molar-refractivity contribution in [3.8, 4) is 5.75 Å². The van der Waals surface area contributed by atoms with E-state index >= 15 is 0 Å². The number of carbonyl (C=O) groups is 1.